The van der Waals surface area contributed by atoms with E-state index in [1.165, 1.54) is 12.1 Å². The normalized spacial score (nSPS) is 19.1. The molecule has 10 heteroatoms. The molecule has 2 atom stereocenters. The van der Waals surface area contributed by atoms with Crippen molar-refractivity contribution in [3.05, 3.63) is 76.4 Å². The number of aliphatic carboxylic acids is 1. The van der Waals surface area contributed by atoms with Crippen LogP contribution < -0.4 is 0 Å². The quantitative estimate of drug-likeness (QED) is 0.327. The largest absolute Gasteiger partial charge is 0.481 e. The van der Waals surface area contributed by atoms with E-state index in [2.05, 4.69) is 10.3 Å². The number of hydrogen-bond acceptors (Lipinski definition) is 6. The lowest BCUT2D eigenvalue weighted by atomic mass is 9.88. The highest BCUT2D eigenvalue weighted by atomic mass is 32.3. The van der Waals surface area contributed by atoms with Gasteiger partial charge in [0.25, 0.3) is 0 Å². The molecule has 0 amide bonds. The van der Waals surface area contributed by atoms with Gasteiger partial charge in [-0.3, -0.25) is 18.6 Å². The molecular weight excluding hydrogens is 495 g/mol. The summed E-state index contributed by atoms with van der Waals surface area (Å²) in [6.07, 6.45) is 3.69. The van der Waals surface area contributed by atoms with Crippen LogP contribution in [0.3, 0.4) is 0 Å². The van der Waals surface area contributed by atoms with Gasteiger partial charge in [0.2, 0.25) is 0 Å². The number of carbonyl (C=O) groups is 1. The van der Waals surface area contributed by atoms with Crippen LogP contribution in [-0.2, 0) is 30.7 Å². The molecule has 4 rings (SSSR count). The summed E-state index contributed by atoms with van der Waals surface area (Å²) in [5.74, 6) is -1.47. The van der Waals surface area contributed by atoms with Gasteiger partial charge in [0.1, 0.15) is 5.82 Å². The number of halogens is 1. The van der Waals surface area contributed by atoms with Gasteiger partial charge in [-0.15, -0.1) is 15.9 Å². The number of carboxylic acids is 1. The fourth-order valence-electron chi connectivity index (χ4n) is 4.97. The molecule has 2 unspecified atom stereocenters. The van der Waals surface area contributed by atoms with Crippen molar-refractivity contribution < 1.29 is 23.4 Å². The third kappa shape index (κ3) is 6.38. The number of carboxylic acid groups (broad SMARTS) is 1. The van der Waals surface area contributed by atoms with Crippen molar-refractivity contribution in [3.8, 4) is 0 Å². The SMILES string of the molecule is CCn1cc(CCC(CC(=O)O)c2ccc(C)c(CN3CC(C)Cc4ccc(F)cc4S3(O)O)c2)nn1. The first-order valence-electron chi connectivity index (χ1n) is 12.6. The highest BCUT2D eigenvalue weighted by Crippen LogP contribution is 2.56. The minimum Gasteiger partial charge on any atom is -0.481 e. The second-order valence-corrected chi connectivity index (χ2v) is 12.0. The summed E-state index contributed by atoms with van der Waals surface area (Å²) in [6, 6.07) is 10.1. The van der Waals surface area contributed by atoms with E-state index in [0.717, 1.165) is 34.5 Å². The Labute approximate surface area is 218 Å². The van der Waals surface area contributed by atoms with Crippen molar-refractivity contribution in [1.82, 2.24) is 19.3 Å². The lowest BCUT2D eigenvalue weighted by Crippen LogP contribution is -2.30. The molecule has 0 saturated carbocycles. The topological polar surface area (TPSA) is 112 Å². The minimum absolute atomic E-state index is 0.0208. The summed E-state index contributed by atoms with van der Waals surface area (Å²) in [4.78, 5) is 11.9. The van der Waals surface area contributed by atoms with Gasteiger partial charge < -0.3 is 5.11 Å². The average molecular weight is 531 g/mol. The Hall–Kier alpha value is -2.79. The van der Waals surface area contributed by atoms with E-state index >= 15 is 0 Å². The van der Waals surface area contributed by atoms with E-state index in [0.29, 0.717) is 25.8 Å². The second kappa shape index (κ2) is 11.3. The van der Waals surface area contributed by atoms with Crippen LogP contribution in [-0.4, -0.2) is 46.0 Å². The van der Waals surface area contributed by atoms with Crippen molar-refractivity contribution in [3.63, 3.8) is 0 Å². The number of hydrogen-bond donors (Lipinski definition) is 3. The second-order valence-electron chi connectivity index (χ2n) is 9.99. The molecule has 8 nitrogen and oxygen atoms in total. The van der Waals surface area contributed by atoms with Crippen LogP contribution in [0.4, 0.5) is 4.39 Å². The molecule has 3 aromatic rings. The summed E-state index contributed by atoms with van der Waals surface area (Å²) in [5, 5.41) is 17.8. The molecule has 2 aromatic carbocycles. The predicted molar refractivity (Wildman–Crippen MR) is 141 cm³/mol. The van der Waals surface area contributed by atoms with Gasteiger partial charge in [-0.2, -0.15) is 4.31 Å². The Morgan fingerprint density at radius 2 is 2.03 bits per heavy atom. The van der Waals surface area contributed by atoms with Crippen molar-refractivity contribution in [2.24, 2.45) is 5.92 Å². The summed E-state index contributed by atoms with van der Waals surface area (Å²) in [7, 11) is -3.41. The molecule has 0 radical (unpaired) electrons. The number of rotatable bonds is 9. The lowest BCUT2D eigenvalue weighted by molar-refractivity contribution is -0.137. The first kappa shape index (κ1) is 27.3. The van der Waals surface area contributed by atoms with Crippen molar-refractivity contribution in [2.45, 2.75) is 70.4 Å². The first-order valence-corrected chi connectivity index (χ1v) is 14.1. The molecule has 37 heavy (non-hydrogen) atoms. The summed E-state index contributed by atoms with van der Waals surface area (Å²) < 4.78 is 40.0. The fraction of sp³-hybridized carbons (Fsp3) is 0.444. The van der Waals surface area contributed by atoms with Gasteiger partial charge in [-0.25, -0.2) is 4.39 Å². The van der Waals surface area contributed by atoms with Crippen LogP contribution >= 0.6 is 10.8 Å². The Morgan fingerprint density at radius 1 is 1.24 bits per heavy atom. The predicted octanol–water partition coefficient (Wildman–Crippen LogP) is 5.66. The van der Waals surface area contributed by atoms with E-state index in [1.807, 2.05) is 45.2 Å². The highest BCUT2D eigenvalue weighted by Gasteiger charge is 2.33. The summed E-state index contributed by atoms with van der Waals surface area (Å²) in [6.45, 7) is 7.39. The zero-order chi connectivity index (χ0) is 26.7. The smallest absolute Gasteiger partial charge is 0.303 e. The Bertz CT molecular complexity index is 1260. The maximum atomic E-state index is 14.1. The number of aryl methyl sites for hydroxylation is 3. The van der Waals surface area contributed by atoms with Crippen LogP contribution in [0.5, 0.6) is 0 Å². The van der Waals surface area contributed by atoms with Crippen LogP contribution in [0.2, 0.25) is 0 Å². The number of benzene rings is 2. The number of fused-ring (bicyclic) bond motifs is 1. The minimum atomic E-state index is -3.41. The van der Waals surface area contributed by atoms with Gasteiger partial charge in [0, 0.05) is 25.8 Å². The van der Waals surface area contributed by atoms with Gasteiger partial charge in [0.05, 0.1) is 17.0 Å². The number of aromatic nitrogens is 3. The summed E-state index contributed by atoms with van der Waals surface area (Å²) >= 11 is 0. The third-order valence-electron chi connectivity index (χ3n) is 7.04. The summed E-state index contributed by atoms with van der Waals surface area (Å²) in [5.41, 5.74) is 4.31. The zero-order valence-corrected chi connectivity index (χ0v) is 22.3. The van der Waals surface area contributed by atoms with Crippen molar-refractivity contribution in [2.75, 3.05) is 6.54 Å². The van der Waals surface area contributed by atoms with E-state index in [1.54, 1.807) is 15.1 Å². The molecule has 0 spiro atoms. The molecule has 1 aliphatic heterocycles. The molecule has 0 fully saturated rings. The molecule has 2 heterocycles. The van der Waals surface area contributed by atoms with Gasteiger partial charge in [-0.1, -0.05) is 36.4 Å². The standard InChI is InChI=1S/C27H35FN4O4S/c1-4-31-17-25(29-30-31)10-8-21(13-27(33)34)20-6-5-19(3)23(12-20)16-32-15-18(2)11-22-7-9-24(28)14-26(22)37(32,35)36/h5-7,9,12,14,17-18,21,35-36H,4,8,10-11,13,15-16H2,1-3H3,(H,33,34). The monoisotopic (exact) mass is 530 g/mol. The maximum absolute atomic E-state index is 14.1. The third-order valence-corrected chi connectivity index (χ3v) is 9.01. The van der Waals surface area contributed by atoms with Crippen molar-refractivity contribution in [1.29, 1.82) is 0 Å². The van der Waals surface area contributed by atoms with Crippen molar-refractivity contribution >= 4 is 16.7 Å². The van der Waals surface area contributed by atoms with Crippen LogP contribution in [0.1, 0.15) is 60.6 Å². The van der Waals surface area contributed by atoms with Gasteiger partial charge >= 0.3 is 5.97 Å². The molecule has 1 aromatic heterocycles. The Kier molecular flexibility index (Phi) is 8.33. The highest BCUT2D eigenvalue weighted by molar-refractivity contribution is 8.22. The molecule has 200 valence electrons. The van der Waals surface area contributed by atoms with Gasteiger partial charge in [0.15, 0.2) is 0 Å². The molecule has 0 saturated heterocycles. The zero-order valence-electron chi connectivity index (χ0n) is 21.5. The average Bonchev–Trinajstić information content (AvgIpc) is 3.28. The van der Waals surface area contributed by atoms with Crippen LogP contribution in [0, 0.1) is 18.7 Å². The molecule has 0 bridgehead atoms. The van der Waals surface area contributed by atoms with Crippen LogP contribution in [0.15, 0.2) is 47.5 Å². The molecule has 0 aliphatic carbocycles. The number of nitrogens with zero attached hydrogens (tertiary/aromatic N) is 4. The first-order chi connectivity index (χ1) is 17.6. The van der Waals surface area contributed by atoms with Gasteiger partial charge in [-0.05, 0) is 79.3 Å². The fourth-order valence-corrected chi connectivity index (χ4v) is 6.80. The van der Waals surface area contributed by atoms with E-state index in [4.69, 9.17) is 0 Å². The van der Waals surface area contributed by atoms with E-state index in [-0.39, 0.29) is 29.7 Å². The molecule has 1 aliphatic rings. The maximum Gasteiger partial charge on any atom is 0.303 e. The Balaban J connectivity index is 1.60. The molecular formula is C27H35FN4O4S. The van der Waals surface area contributed by atoms with Crippen LogP contribution in [0.25, 0.3) is 0 Å². The lowest BCUT2D eigenvalue weighted by Gasteiger charge is -2.43. The Morgan fingerprint density at radius 3 is 2.73 bits per heavy atom. The van der Waals surface area contributed by atoms with E-state index < -0.39 is 22.6 Å². The molecule has 3 N–H and O–H groups in total. The van der Waals surface area contributed by atoms with E-state index in [9.17, 15) is 23.4 Å².